The Morgan fingerprint density at radius 3 is 2.77 bits per heavy atom. The quantitative estimate of drug-likeness (QED) is 0.378. The molecule has 1 N–H and O–H groups in total. The molecule has 0 radical (unpaired) electrons. The summed E-state index contributed by atoms with van der Waals surface area (Å²) in [5.41, 5.74) is 4.72. The lowest BCUT2D eigenvalue weighted by Crippen LogP contribution is -2.44. The summed E-state index contributed by atoms with van der Waals surface area (Å²) in [6.45, 7) is 9.91. The summed E-state index contributed by atoms with van der Waals surface area (Å²) < 4.78 is 5.85. The minimum Gasteiger partial charge on any atom is -0.451 e. The monoisotopic (exact) mass is 495 g/mol. The van der Waals surface area contributed by atoms with Gasteiger partial charge in [-0.25, -0.2) is 4.98 Å². The average Bonchev–Trinajstić information content (AvgIpc) is 3.49. The molecule has 0 spiro atoms. The minimum atomic E-state index is -0.848. The van der Waals surface area contributed by atoms with Crippen LogP contribution in [-0.2, 0) is 12.1 Å². The van der Waals surface area contributed by atoms with E-state index in [1.807, 2.05) is 23.6 Å². The second-order valence-corrected chi connectivity index (χ2v) is 11.0. The number of allylic oxidation sites excluding steroid dienone is 2. The molecule has 1 aliphatic heterocycles. The van der Waals surface area contributed by atoms with Gasteiger partial charge in [-0.3, -0.25) is 4.79 Å². The second kappa shape index (κ2) is 11.1. The molecule has 3 aromatic rings. The topological polar surface area (TPSA) is 69.8 Å². The zero-order valence-corrected chi connectivity index (χ0v) is 22.1. The van der Waals surface area contributed by atoms with Crippen molar-refractivity contribution in [3.05, 3.63) is 63.8 Å². The minimum absolute atomic E-state index is 0.179. The molecule has 3 heterocycles. The molecule has 4 rings (SSSR count). The fourth-order valence-electron chi connectivity index (χ4n) is 4.84. The van der Waals surface area contributed by atoms with E-state index < -0.39 is 5.60 Å². The van der Waals surface area contributed by atoms with Gasteiger partial charge in [-0.15, -0.1) is 11.3 Å². The second-order valence-electron chi connectivity index (χ2n) is 10.3. The first-order valence-corrected chi connectivity index (χ1v) is 13.4. The lowest BCUT2D eigenvalue weighted by Gasteiger charge is -2.39. The molecule has 1 aromatic carbocycles. The van der Waals surface area contributed by atoms with Crippen LogP contribution in [0.2, 0.25) is 0 Å². The SMILES string of the molecule is CC(C)=CCC[C@@H](C)CN1CCC(O)(c2ccc3oc(C(=O)N(C)Cc4cscn4)cc3c2)CC1. The van der Waals surface area contributed by atoms with Crippen molar-refractivity contribution in [1.29, 1.82) is 0 Å². The molecule has 0 saturated carbocycles. The van der Waals surface area contributed by atoms with Crippen LogP contribution < -0.4 is 0 Å². The highest BCUT2D eigenvalue weighted by atomic mass is 32.1. The Kier molecular flexibility index (Phi) is 8.09. The van der Waals surface area contributed by atoms with Crippen LogP contribution >= 0.6 is 11.3 Å². The molecule has 1 atom stereocenters. The molecule has 35 heavy (non-hydrogen) atoms. The number of carbonyl (C=O) groups excluding carboxylic acids is 1. The number of rotatable bonds is 9. The predicted molar refractivity (Wildman–Crippen MR) is 142 cm³/mol. The Labute approximate surface area is 212 Å². The average molecular weight is 496 g/mol. The molecule has 2 aromatic heterocycles. The van der Waals surface area contributed by atoms with Gasteiger partial charge in [-0.05, 0) is 69.2 Å². The molecule has 0 bridgehead atoms. The van der Waals surface area contributed by atoms with Crippen molar-refractivity contribution in [3.63, 3.8) is 0 Å². The number of aromatic nitrogens is 1. The predicted octanol–water partition coefficient (Wildman–Crippen LogP) is 5.83. The van der Waals surface area contributed by atoms with Crippen molar-refractivity contribution >= 4 is 28.2 Å². The first kappa shape index (κ1) is 25.6. The van der Waals surface area contributed by atoms with E-state index in [4.69, 9.17) is 4.42 Å². The number of nitrogens with zero attached hydrogens (tertiary/aromatic N) is 3. The van der Waals surface area contributed by atoms with Crippen molar-refractivity contribution in [3.8, 4) is 0 Å². The fourth-order valence-corrected chi connectivity index (χ4v) is 5.39. The number of likely N-dealkylation sites (tertiary alicyclic amines) is 1. The molecular formula is C28H37N3O3S. The third-order valence-corrected chi connectivity index (χ3v) is 7.59. The van der Waals surface area contributed by atoms with Crippen molar-refractivity contribution in [1.82, 2.24) is 14.8 Å². The van der Waals surface area contributed by atoms with Gasteiger partial charge in [0.2, 0.25) is 0 Å². The van der Waals surface area contributed by atoms with Crippen LogP contribution in [0.1, 0.15) is 68.3 Å². The Hall–Kier alpha value is -2.48. The number of furan rings is 1. The molecule has 1 aliphatic rings. The number of piperidine rings is 1. The number of benzene rings is 1. The van der Waals surface area contributed by atoms with Gasteiger partial charge in [0.05, 0.1) is 23.4 Å². The van der Waals surface area contributed by atoms with Gasteiger partial charge in [0.1, 0.15) is 5.58 Å². The summed E-state index contributed by atoms with van der Waals surface area (Å²) in [4.78, 5) is 21.2. The lowest BCUT2D eigenvalue weighted by molar-refractivity contribution is -0.0284. The molecular weight excluding hydrogens is 458 g/mol. The molecule has 0 unspecified atom stereocenters. The third kappa shape index (κ3) is 6.40. The van der Waals surface area contributed by atoms with Crippen molar-refractivity contribution in [2.75, 3.05) is 26.7 Å². The normalized spacial score (nSPS) is 16.8. The fraction of sp³-hybridized carbons (Fsp3) is 0.500. The zero-order valence-electron chi connectivity index (χ0n) is 21.3. The van der Waals surface area contributed by atoms with Crippen molar-refractivity contribution in [2.45, 2.75) is 58.6 Å². The molecule has 6 nitrogen and oxygen atoms in total. The standard InChI is InChI=1S/C28H37N3O3S/c1-20(2)6-5-7-21(3)16-31-12-10-28(33,11-13-31)23-8-9-25-22(14-23)15-26(34-25)27(32)30(4)17-24-18-35-19-29-24/h6,8-9,14-15,18-19,21,33H,5,7,10-13,16-17H2,1-4H3/t21-/m1/s1. The maximum Gasteiger partial charge on any atom is 0.289 e. The van der Waals surface area contributed by atoms with Gasteiger partial charge in [0.25, 0.3) is 5.91 Å². The zero-order chi connectivity index (χ0) is 25.0. The van der Waals surface area contributed by atoms with Crippen molar-refractivity contribution in [2.24, 2.45) is 5.92 Å². The summed E-state index contributed by atoms with van der Waals surface area (Å²) in [7, 11) is 1.75. The highest BCUT2D eigenvalue weighted by Gasteiger charge is 2.34. The van der Waals surface area contributed by atoms with Crippen LogP contribution in [0.3, 0.4) is 0 Å². The Morgan fingerprint density at radius 1 is 1.31 bits per heavy atom. The molecule has 0 aliphatic carbocycles. The van der Waals surface area contributed by atoms with E-state index >= 15 is 0 Å². The van der Waals surface area contributed by atoms with E-state index in [1.54, 1.807) is 23.5 Å². The summed E-state index contributed by atoms with van der Waals surface area (Å²) in [5, 5.41) is 14.2. The maximum atomic E-state index is 12.9. The number of hydrogen-bond donors (Lipinski definition) is 1. The summed E-state index contributed by atoms with van der Waals surface area (Å²) in [6.07, 6.45) is 6.06. The number of amides is 1. The van der Waals surface area contributed by atoms with E-state index in [-0.39, 0.29) is 5.91 Å². The van der Waals surface area contributed by atoms with E-state index in [0.717, 1.165) is 42.7 Å². The van der Waals surface area contributed by atoms with Crippen molar-refractivity contribution < 1.29 is 14.3 Å². The van der Waals surface area contributed by atoms with E-state index in [9.17, 15) is 9.90 Å². The molecule has 1 saturated heterocycles. The van der Waals surface area contributed by atoms with Crippen LogP contribution in [0.15, 0.2) is 51.2 Å². The van der Waals surface area contributed by atoms with E-state index in [0.29, 0.717) is 36.6 Å². The highest BCUT2D eigenvalue weighted by Crippen LogP contribution is 2.35. The van der Waals surface area contributed by atoms with Gasteiger partial charge in [-0.1, -0.05) is 24.6 Å². The summed E-state index contributed by atoms with van der Waals surface area (Å²) in [5.74, 6) is 0.768. The third-order valence-electron chi connectivity index (χ3n) is 6.96. The van der Waals surface area contributed by atoms with Gasteiger partial charge in [0.15, 0.2) is 5.76 Å². The Morgan fingerprint density at radius 2 is 2.09 bits per heavy atom. The number of fused-ring (bicyclic) bond motifs is 1. The Bertz CT molecular complexity index is 1160. The first-order valence-electron chi connectivity index (χ1n) is 12.5. The highest BCUT2D eigenvalue weighted by molar-refractivity contribution is 7.07. The first-order chi connectivity index (χ1) is 16.7. The summed E-state index contributed by atoms with van der Waals surface area (Å²) >= 11 is 1.51. The van der Waals surface area contributed by atoms with Gasteiger partial charge >= 0.3 is 0 Å². The molecule has 1 fully saturated rings. The summed E-state index contributed by atoms with van der Waals surface area (Å²) in [6, 6.07) is 7.58. The number of aliphatic hydroxyl groups is 1. The van der Waals surface area contributed by atoms with Gasteiger partial charge < -0.3 is 19.3 Å². The largest absolute Gasteiger partial charge is 0.451 e. The van der Waals surface area contributed by atoms with Gasteiger partial charge in [-0.2, -0.15) is 0 Å². The lowest BCUT2D eigenvalue weighted by atomic mass is 9.83. The van der Waals surface area contributed by atoms with Crippen LogP contribution in [-0.4, -0.2) is 52.5 Å². The molecule has 188 valence electrons. The van der Waals surface area contributed by atoms with Crippen LogP contribution in [0, 0.1) is 5.92 Å². The van der Waals surface area contributed by atoms with Crippen LogP contribution in [0.25, 0.3) is 11.0 Å². The number of thiazole rings is 1. The smallest absolute Gasteiger partial charge is 0.289 e. The number of hydrogen-bond acceptors (Lipinski definition) is 6. The maximum absolute atomic E-state index is 12.9. The number of carbonyl (C=O) groups is 1. The van der Waals surface area contributed by atoms with Gasteiger partial charge in [0, 0.05) is 37.4 Å². The molecule has 7 heteroatoms. The van der Waals surface area contributed by atoms with E-state index in [1.165, 1.54) is 23.3 Å². The van der Waals surface area contributed by atoms with E-state index in [2.05, 4.69) is 36.7 Å². The Balaban J connectivity index is 1.37. The van der Waals surface area contributed by atoms with Crippen LogP contribution in [0.4, 0.5) is 0 Å². The van der Waals surface area contributed by atoms with Crippen LogP contribution in [0.5, 0.6) is 0 Å². The molecule has 1 amide bonds.